The number of hydrogen-bond donors (Lipinski definition) is 3. The second-order valence-corrected chi connectivity index (χ2v) is 8.38. The third-order valence-electron chi connectivity index (χ3n) is 5.81. The van der Waals surface area contributed by atoms with Crippen LogP contribution >= 0.6 is 0 Å². The van der Waals surface area contributed by atoms with E-state index in [9.17, 15) is 9.59 Å². The molecule has 0 atom stereocenters. The smallest absolute Gasteiger partial charge is 0.328 e. The Morgan fingerprint density at radius 1 is 1.05 bits per heavy atom. The number of nitrogens with one attached hydrogen (secondary N) is 1. The molecule has 4 rings (SSSR count). The Hall–Kier alpha value is -4.17. The summed E-state index contributed by atoms with van der Waals surface area (Å²) < 4.78 is 5.63. The van der Waals surface area contributed by atoms with Gasteiger partial charge < -0.3 is 20.3 Å². The van der Waals surface area contributed by atoms with Gasteiger partial charge in [-0.25, -0.2) is 14.6 Å². The zero-order valence-corrected chi connectivity index (χ0v) is 21.0. The number of carboxylic acids is 2. The fourth-order valence-electron chi connectivity index (χ4n) is 4.11. The van der Waals surface area contributed by atoms with Crippen molar-refractivity contribution in [1.29, 1.82) is 0 Å². The predicted octanol–water partition coefficient (Wildman–Crippen LogP) is 4.94. The van der Waals surface area contributed by atoms with E-state index < -0.39 is 11.9 Å². The minimum Gasteiger partial charge on any atom is -0.490 e. The van der Waals surface area contributed by atoms with Gasteiger partial charge in [0.15, 0.2) is 11.6 Å². The lowest BCUT2D eigenvalue weighted by atomic mass is 9.94. The Labute approximate surface area is 216 Å². The van der Waals surface area contributed by atoms with Crippen LogP contribution in [0, 0.1) is 0 Å². The van der Waals surface area contributed by atoms with Crippen LogP contribution < -0.4 is 10.1 Å². The van der Waals surface area contributed by atoms with Gasteiger partial charge in [0.25, 0.3) is 0 Å². The highest BCUT2D eigenvalue weighted by Crippen LogP contribution is 2.29. The monoisotopic (exact) mass is 503 g/mol. The van der Waals surface area contributed by atoms with E-state index in [4.69, 9.17) is 14.9 Å². The molecule has 8 heteroatoms. The van der Waals surface area contributed by atoms with Gasteiger partial charge in [0, 0.05) is 44.5 Å². The van der Waals surface area contributed by atoms with Crippen molar-refractivity contribution < 1.29 is 24.5 Å². The van der Waals surface area contributed by atoms with Gasteiger partial charge in [-0.1, -0.05) is 48.5 Å². The summed E-state index contributed by atoms with van der Waals surface area (Å²) in [6.45, 7) is 6.76. The molecule has 1 aliphatic rings. The van der Waals surface area contributed by atoms with Crippen molar-refractivity contribution in [1.82, 2.24) is 9.88 Å². The molecule has 0 bridgehead atoms. The number of aromatic nitrogens is 1. The Morgan fingerprint density at radius 3 is 2.51 bits per heavy atom. The van der Waals surface area contributed by atoms with Crippen molar-refractivity contribution in [3.63, 3.8) is 0 Å². The molecule has 0 unspecified atom stereocenters. The van der Waals surface area contributed by atoms with Crippen LogP contribution in [0.2, 0.25) is 0 Å². The van der Waals surface area contributed by atoms with Crippen LogP contribution in [0.4, 0.5) is 5.82 Å². The summed E-state index contributed by atoms with van der Waals surface area (Å²) in [6, 6.07) is 19.2. The van der Waals surface area contributed by atoms with Gasteiger partial charge in [0.2, 0.25) is 0 Å². The van der Waals surface area contributed by atoms with Gasteiger partial charge in [-0.15, -0.1) is 0 Å². The second-order valence-electron chi connectivity index (χ2n) is 8.38. The minimum atomic E-state index is -1.26. The second kappa shape index (κ2) is 14.4. The van der Waals surface area contributed by atoms with Crippen LogP contribution in [-0.2, 0) is 9.59 Å². The molecule has 0 saturated heterocycles. The fraction of sp³-hybridized carbons (Fsp3) is 0.276. The molecule has 37 heavy (non-hydrogen) atoms. The quantitative estimate of drug-likeness (QED) is 0.264. The van der Waals surface area contributed by atoms with Crippen LogP contribution in [0.1, 0.15) is 25.3 Å². The Bertz CT molecular complexity index is 1230. The number of carbonyl (C=O) groups is 2. The Kier molecular flexibility index (Phi) is 10.7. The van der Waals surface area contributed by atoms with E-state index in [0.717, 1.165) is 50.6 Å². The molecule has 0 saturated carbocycles. The third-order valence-corrected chi connectivity index (χ3v) is 5.81. The average molecular weight is 504 g/mol. The molecule has 1 aromatic heterocycles. The largest absolute Gasteiger partial charge is 0.490 e. The van der Waals surface area contributed by atoms with Gasteiger partial charge in [0.1, 0.15) is 0 Å². The van der Waals surface area contributed by atoms with E-state index in [0.29, 0.717) is 18.8 Å². The molecule has 8 nitrogen and oxygen atoms in total. The van der Waals surface area contributed by atoms with Crippen molar-refractivity contribution in [3.8, 4) is 5.75 Å². The van der Waals surface area contributed by atoms with E-state index in [2.05, 4.69) is 63.7 Å². The third kappa shape index (κ3) is 8.77. The zero-order valence-electron chi connectivity index (χ0n) is 21.0. The predicted molar refractivity (Wildman–Crippen MR) is 146 cm³/mol. The van der Waals surface area contributed by atoms with Crippen LogP contribution in [0.5, 0.6) is 5.75 Å². The van der Waals surface area contributed by atoms with Gasteiger partial charge in [-0.2, -0.15) is 0 Å². The summed E-state index contributed by atoms with van der Waals surface area (Å²) in [7, 11) is 0. The molecule has 0 aliphatic carbocycles. The summed E-state index contributed by atoms with van der Waals surface area (Å²) in [5, 5.41) is 21.7. The maximum Gasteiger partial charge on any atom is 0.328 e. The lowest BCUT2D eigenvalue weighted by molar-refractivity contribution is -0.134. The number of nitrogens with zero attached hydrogens (tertiary/aromatic N) is 2. The number of carboxylic acid groups (broad SMARTS) is 2. The molecule has 3 aromatic rings. The normalized spacial score (nSPS) is 13.5. The maximum absolute atomic E-state index is 9.55. The van der Waals surface area contributed by atoms with Crippen LogP contribution in [0.3, 0.4) is 0 Å². The number of aliphatic carboxylic acids is 2. The summed E-state index contributed by atoms with van der Waals surface area (Å²) >= 11 is 0. The Balaban J connectivity index is 0.000000414. The van der Waals surface area contributed by atoms with Gasteiger partial charge in [-0.05, 0) is 53.8 Å². The first-order chi connectivity index (χ1) is 18.0. The average Bonchev–Trinajstić information content (AvgIpc) is 2.91. The molecule has 0 amide bonds. The highest BCUT2D eigenvalue weighted by Gasteiger charge is 2.14. The van der Waals surface area contributed by atoms with Gasteiger partial charge in [0.05, 0.1) is 6.61 Å². The van der Waals surface area contributed by atoms with Crippen LogP contribution in [-0.4, -0.2) is 64.8 Å². The van der Waals surface area contributed by atoms with Crippen molar-refractivity contribution in [2.75, 3.05) is 38.1 Å². The fourth-order valence-corrected chi connectivity index (χ4v) is 4.11. The molecule has 2 heterocycles. The highest BCUT2D eigenvalue weighted by atomic mass is 16.5. The number of hydrogen-bond acceptors (Lipinski definition) is 6. The van der Waals surface area contributed by atoms with Crippen molar-refractivity contribution in [3.05, 3.63) is 84.6 Å². The highest BCUT2D eigenvalue weighted by molar-refractivity contribution is 5.94. The lowest BCUT2D eigenvalue weighted by Gasteiger charge is -2.27. The number of rotatable bonds is 10. The summed E-state index contributed by atoms with van der Waals surface area (Å²) in [5.74, 6) is -0.846. The molecular formula is C29H33N3O5. The standard InChI is InChI=1S/C25H29N3O.C4H4O4/c1-2-29-24-12-6-15-26-25(24)27-16-7-17-28-18-13-21(14-19-28)23-11-5-9-20-8-3-4-10-22(20)23;5-3(6)1-2-4(7)8/h3-6,8-13,15H,2,7,14,16-19H2,1H3,(H,26,27);1-2H,(H,5,6)(H,7,8)/b;2-1+. The molecule has 3 N–H and O–H groups in total. The number of benzene rings is 2. The molecule has 0 fully saturated rings. The first kappa shape index (κ1) is 27.4. The van der Waals surface area contributed by atoms with E-state index >= 15 is 0 Å². The topological polar surface area (TPSA) is 112 Å². The van der Waals surface area contributed by atoms with E-state index in [-0.39, 0.29) is 0 Å². The van der Waals surface area contributed by atoms with Crippen molar-refractivity contribution in [2.24, 2.45) is 0 Å². The first-order valence-electron chi connectivity index (χ1n) is 12.3. The summed E-state index contributed by atoms with van der Waals surface area (Å²) in [5.41, 5.74) is 2.87. The molecule has 2 aromatic carbocycles. The summed E-state index contributed by atoms with van der Waals surface area (Å²) in [6.07, 6.45) is 7.51. The van der Waals surface area contributed by atoms with Crippen molar-refractivity contribution >= 4 is 34.1 Å². The lowest BCUT2D eigenvalue weighted by Crippen LogP contribution is -2.30. The molecular weight excluding hydrogens is 470 g/mol. The van der Waals surface area contributed by atoms with E-state index in [1.54, 1.807) is 6.20 Å². The first-order valence-corrected chi connectivity index (χ1v) is 12.3. The van der Waals surface area contributed by atoms with Crippen LogP contribution in [0.25, 0.3) is 16.3 Å². The molecule has 0 radical (unpaired) electrons. The summed E-state index contributed by atoms with van der Waals surface area (Å²) in [4.78, 5) is 26.0. The SMILES string of the molecule is CCOc1cccnc1NCCCN1CC=C(c2cccc3ccccc23)CC1.O=C(O)/C=C/C(=O)O. The molecule has 194 valence electrons. The van der Waals surface area contributed by atoms with Gasteiger partial charge in [-0.3, -0.25) is 4.90 Å². The molecule has 1 aliphatic heterocycles. The number of pyridine rings is 1. The van der Waals surface area contributed by atoms with Crippen LogP contribution in [0.15, 0.2) is 79.0 Å². The van der Waals surface area contributed by atoms with Crippen molar-refractivity contribution in [2.45, 2.75) is 19.8 Å². The maximum atomic E-state index is 9.55. The number of anilines is 1. The van der Waals surface area contributed by atoms with E-state index in [1.807, 2.05) is 19.1 Å². The molecule has 0 spiro atoms. The number of ether oxygens (including phenoxy) is 1. The van der Waals surface area contributed by atoms with E-state index in [1.165, 1.54) is 21.9 Å². The Morgan fingerprint density at radius 2 is 1.81 bits per heavy atom. The number of fused-ring (bicyclic) bond motifs is 1. The van der Waals surface area contributed by atoms with Gasteiger partial charge >= 0.3 is 11.9 Å². The minimum absolute atomic E-state index is 0.558. The zero-order chi connectivity index (χ0) is 26.5.